The molecule has 172 valence electrons. The zero-order valence-electron chi connectivity index (χ0n) is 17.9. The first-order chi connectivity index (χ1) is 15.9. The van der Waals surface area contributed by atoms with Crippen LogP contribution in [0, 0.1) is 18.8 Å². The lowest BCUT2D eigenvalue weighted by Crippen LogP contribution is -2.34. The van der Waals surface area contributed by atoms with Crippen LogP contribution >= 0.6 is 34.5 Å². The summed E-state index contributed by atoms with van der Waals surface area (Å²) in [5.74, 6) is 0.0104. The van der Waals surface area contributed by atoms with E-state index in [0.29, 0.717) is 45.4 Å². The molecule has 1 saturated heterocycles. The number of aromatic amines is 1. The Morgan fingerprint density at radius 2 is 1.94 bits per heavy atom. The predicted octanol–water partition coefficient (Wildman–Crippen LogP) is 4.19. The summed E-state index contributed by atoms with van der Waals surface area (Å²) in [6, 6.07) is 3.74. The highest BCUT2D eigenvalue weighted by Gasteiger charge is 2.57. The number of amides is 1. The van der Waals surface area contributed by atoms with Crippen LogP contribution in [0.2, 0.25) is 10.0 Å². The SMILES string of the molecule is CCOC(=O)c1sc(N2C[C@@H]3C(NC(=O)c4[nH]c(C)c(Cl)c4Cl)[C@@H]3C2)nc1-c1ccncc1. The minimum atomic E-state index is -0.376. The second-order valence-corrected chi connectivity index (χ2v) is 9.85. The van der Waals surface area contributed by atoms with Crippen LogP contribution in [-0.4, -0.2) is 52.6 Å². The third kappa shape index (κ3) is 3.98. The van der Waals surface area contributed by atoms with E-state index in [2.05, 4.69) is 20.2 Å². The quantitative estimate of drug-likeness (QED) is 0.487. The second kappa shape index (κ2) is 8.62. The van der Waals surface area contributed by atoms with Gasteiger partial charge in [-0.05, 0) is 26.0 Å². The van der Waals surface area contributed by atoms with Gasteiger partial charge in [-0.1, -0.05) is 34.5 Å². The Kier molecular flexibility index (Phi) is 5.80. The zero-order chi connectivity index (χ0) is 23.3. The molecule has 3 aromatic heterocycles. The maximum Gasteiger partial charge on any atom is 0.350 e. The number of fused-ring (bicyclic) bond motifs is 1. The number of aromatic nitrogens is 3. The number of rotatable bonds is 6. The number of nitrogens with zero attached hydrogens (tertiary/aromatic N) is 3. The summed E-state index contributed by atoms with van der Waals surface area (Å²) in [4.78, 5) is 39.6. The molecule has 0 aromatic carbocycles. The van der Waals surface area contributed by atoms with Gasteiger partial charge in [-0.15, -0.1) is 0 Å². The normalized spacial score (nSPS) is 21.1. The van der Waals surface area contributed by atoms with E-state index < -0.39 is 0 Å². The minimum absolute atomic E-state index is 0.0800. The van der Waals surface area contributed by atoms with Gasteiger partial charge in [0.15, 0.2) is 5.13 Å². The molecule has 8 nitrogen and oxygen atoms in total. The smallest absolute Gasteiger partial charge is 0.350 e. The van der Waals surface area contributed by atoms with Crippen LogP contribution in [0.4, 0.5) is 5.13 Å². The standard InChI is InChI=1S/C22H21Cl2N5O3S/c1-3-32-21(31)19-16(11-4-6-25-7-5-11)28-22(33-19)29-8-12-13(9-29)17(12)27-20(30)18-15(24)14(23)10(2)26-18/h4-7,12-13,17,26H,3,8-9H2,1-2H3,(H,27,30)/t12-,13+,17?. The Balaban J connectivity index is 1.29. The molecule has 2 fully saturated rings. The summed E-state index contributed by atoms with van der Waals surface area (Å²) in [5, 5.41) is 4.46. The van der Waals surface area contributed by atoms with Crippen molar-refractivity contribution in [3.05, 3.63) is 50.8 Å². The van der Waals surface area contributed by atoms with Crippen LogP contribution in [0.5, 0.6) is 0 Å². The van der Waals surface area contributed by atoms with Gasteiger partial charge in [0, 0.05) is 54.6 Å². The lowest BCUT2D eigenvalue weighted by atomic mass is 10.2. The van der Waals surface area contributed by atoms with Crippen LogP contribution in [0.25, 0.3) is 11.3 Å². The number of hydrogen-bond donors (Lipinski definition) is 2. The van der Waals surface area contributed by atoms with Gasteiger partial charge in [-0.3, -0.25) is 9.78 Å². The van der Waals surface area contributed by atoms with Crippen molar-refractivity contribution in [3.8, 4) is 11.3 Å². The van der Waals surface area contributed by atoms with Gasteiger partial charge in [-0.2, -0.15) is 0 Å². The largest absolute Gasteiger partial charge is 0.462 e. The number of H-pyrrole nitrogens is 1. The van der Waals surface area contributed by atoms with Crippen molar-refractivity contribution in [2.45, 2.75) is 19.9 Å². The maximum absolute atomic E-state index is 12.6. The van der Waals surface area contributed by atoms with E-state index >= 15 is 0 Å². The molecule has 1 aliphatic heterocycles. The number of thiazole rings is 1. The summed E-state index contributed by atoms with van der Waals surface area (Å²) in [7, 11) is 0. The van der Waals surface area contributed by atoms with Gasteiger partial charge in [0.2, 0.25) is 0 Å². The van der Waals surface area contributed by atoms with Crippen molar-refractivity contribution in [3.63, 3.8) is 0 Å². The number of anilines is 1. The minimum Gasteiger partial charge on any atom is -0.462 e. The van der Waals surface area contributed by atoms with Gasteiger partial charge >= 0.3 is 5.97 Å². The van der Waals surface area contributed by atoms with E-state index in [-0.39, 0.29) is 22.9 Å². The van der Waals surface area contributed by atoms with Crippen LogP contribution in [0.3, 0.4) is 0 Å². The van der Waals surface area contributed by atoms with Gasteiger partial charge < -0.3 is 19.9 Å². The molecule has 0 bridgehead atoms. The number of carbonyl (C=O) groups is 2. The molecule has 1 unspecified atom stereocenters. The van der Waals surface area contributed by atoms with Crippen molar-refractivity contribution in [2.24, 2.45) is 11.8 Å². The van der Waals surface area contributed by atoms with Crippen LogP contribution in [0.15, 0.2) is 24.5 Å². The summed E-state index contributed by atoms with van der Waals surface area (Å²) < 4.78 is 5.25. The fourth-order valence-corrected chi connectivity index (χ4v) is 5.75. The molecule has 0 spiro atoms. The van der Waals surface area contributed by atoms with Gasteiger partial charge in [0.25, 0.3) is 5.91 Å². The third-order valence-electron chi connectivity index (χ3n) is 6.07. The summed E-state index contributed by atoms with van der Waals surface area (Å²) in [5.41, 5.74) is 2.39. The molecule has 3 atom stereocenters. The summed E-state index contributed by atoms with van der Waals surface area (Å²) in [6.45, 7) is 5.35. The fourth-order valence-electron chi connectivity index (χ4n) is 4.33. The van der Waals surface area contributed by atoms with E-state index in [9.17, 15) is 9.59 Å². The Morgan fingerprint density at radius 1 is 1.24 bits per heavy atom. The Morgan fingerprint density at radius 3 is 2.55 bits per heavy atom. The first-order valence-corrected chi connectivity index (χ1v) is 12.1. The summed E-state index contributed by atoms with van der Waals surface area (Å²) >= 11 is 13.6. The molecule has 2 N–H and O–H groups in total. The molecule has 0 radical (unpaired) electrons. The lowest BCUT2D eigenvalue weighted by Gasteiger charge is -2.19. The third-order valence-corrected chi connectivity index (χ3v) is 8.12. The molecule has 1 aliphatic carbocycles. The highest BCUT2D eigenvalue weighted by Crippen LogP contribution is 2.48. The second-order valence-electron chi connectivity index (χ2n) is 8.12. The van der Waals surface area contributed by atoms with E-state index in [1.54, 1.807) is 26.2 Å². The monoisotopic (exact) mass is 505 g/mol. The Hall–Kier alpha value is -2.62. The highest BCUT2D eigenvalue weighted by atomic mass is 35.5. The van der Waals surface area contributed by atoms with Crippen molar-refractivity contribution < 1.29 is 14.3 Å². The number of pyridine rings is 1. The number of carbonyl (C=O) groups excluding carboxylic acids is 2. The van der Waals surface area contributed by atoms with Crippen molar-refractivity contribution in [1.29, 1.82) is 0 Å². The zero-order valence-corrected chi connectivity index (χ0v) is 20.2. The van der Waals surface area contributed by atoms with Crippen LogP contribution < -0.4 is 10.2 Å². The van der Waals surface area contributed by atoms with Crippen molar-refractivity contribution in [1.82, 2.24) is 20.3 Å². The van der Waals surface area contributed by atoms with E-state index in [4.69, 9.17) is 32.9 Å². The van der Waals surface area contributed by atoms with E-state index in [1.165, 1.54) is 11.3 Å². The molecular weight excluding hydrogens is 485 g/mol. The van der Waals surface area contributed by atoms with Crippen molar-refractivity contribution >= 4 is 51.5 Å². The van der Waals surface area contributed by atoms with Crippen LogP contribution in [0.1, 0.15) is 32.8 Å². The number of aryl methyl sites for hydroxylation is 1. The van der Waals surface area contributed by atoms with Gasteiger partial charge in [0.1, 0.15) is 10.6 Å². The number of nitrogens with one attached hydrogen (secondary N) is 2. The highest BCUT2D eigenvalue weighted by molar-refractivity contribution is 7.18. The number of ether oxygens (including phenoxy) is 1. The Labute approximate surface area is 204 Å². The topological polar surface area (TPSA) is 100 Å². The number of hydrogen-bond acceptors (Lipinski definition) is 7. The van der Waals surface area contributed by atoms with Crippen molar-refractivity contribution in [2.75, 3.05) is 24.6 Å². The fraction of sp³-hybridized carbons (Fsp3) is 0.364. The molecule has 2 aliphatic rings. The first kappa shape index (κ1) is 22.2. The Bertz CT molecular complexity index is 1220. The van der Waals surface area contributed by atoms with Crippen LogP contribution in [-0.2, 0) is 4.74 Å². The number of halogens is 2. The number of piperidine rings is 1. The van der Waals surface area contributed by atoms with Gasteiger partial charge in [-0.25, -0.2) is 9.78 Å². The average molecular weight is 506 g/mol. The summed E-state index contributed by atoms with van der Waals surface area (Å²) in [6.07, 6.45) is 3.35. The molecule has 4 heterocycles. The molecule has 11 heteroatoms. The van der Waals surface area contributed by atoms with Gasteiger partial charge in [0.05, 0.1) is 22.3 Å². The molecule has 1 amide bonds. The predicted molar refractivity (Wildman–Crippen MR) is 127 cm³/mol. The first-order valence-electron chi connectivity index (χ1n) is 10.6. The molecule has 3 aromatic rings. The maximum atomic E-state index is 12.6. The number of esters is 1. The molecule has 1 saturated carbocycles. The average Bonchev–Trinajstić information content (AvgIpc) is 3.19. The van der Waals surface area contributed by atoms with E-state index in [0.717, 1.165) is 23.8 Å². The molecule has 5 rings (SSSR count). The molecule has 33 heavy (non-hydrogen) atoms. The lowest BCUT2D eigenvalue weighted by molar-refractivity contribution is 0.0532. The van der Waals surface area contributed by atoms with E-state index in [1.807, 2.05) is 12.1 Å². The molecular formula is C22H21Cl2N5O3S.